The van der Waals surface area contributed by atoms with Gasteiger partial charge in [-0.3, -0.25) is 0 Å². The quantitative estimate of drug-likeness (QED) is 0.898. The van der Waals surface area contributed by atoms with Crippen LogP contribution in [0, 0.1) is 13.8 Å². The summed E-state index contributed by atoms with van der Waals surface area (Å²) in [7, 11) is 1.62. The zero-order chi connectivity index (χ0) is 13.2. The first kappa shape index (κ1) is 17.8. The number of benzene rings is 1. The molecule has 0 aliphatic rings. The van der Waals surface area contributed by atoms with Crippen LogP contribution in [0.1, 0.15) is 30.0 Å². The van der Waals surface area contributed by atoms with Gasteiger partial charge in [0.2, 0.25) is 0 Å². The van der Waals surface area contributed by atoms with Gasteiger partial charge in [0.05, 0.1) is 12.1 Å². The first-order valence-electron chi connectivity index (χ1n) is 5.70. The van der Waals surface area contributed by atoms with E-state index in [4.69, 9.17) is 33.7 Å². The monoisotopic (exact) mass is 311 g/mol. The second kappa shape index (κ2) is 7.44. The van der Waals surface area contributed by atoms with Crippen molar-refractivity contribution in [2.24, 2.45) is 5.73 Å². The van der Waals surface area contributed by atoms with Crippen molar-refractivity contribution in [1.82, 2.24) is 0 Å². The lowest BCUT2D eigenvalue weighted by Gasteiger charge is -2.19. The fraction of sp³-hybridized carbons (Fsp3) is 0.538. The highest BCUT2D eigenvalue weighted by atomic mass is 35.5. The third-order valence-corrected chi connectivity index (χ3v) is 4.13. The van der Waals surface area contributed by atoms with Crippen molar-refractivity contribution in [3.05, 3.63) is 26.7 Å². The molecule has 1 atom stereocenters. The standard InChI is InChI=1S/C13H19Cl2NO.ClH/c1-5-9(16)6-10-7(2)11(14)8(3)12(15)13(10)17-4;/h9H,5-6,16H2,1-4H3;1H. The molecule has 1 rings (SSSR count). The molecular weight excluding hydrogens is 293 g/mol. The van der Waals surface area contributed by atoms with Gasteiger partial charge in [-0.2, -0.15) is 0 Å². The molecule has 18 heavy (non-hydrogen) atoms. The Kier molecular flexibility index (Phi) is 7.38. The normalized spacial score (nSPS) is 11.9. The SMILES string of the molecule is CCC(N)Cc1c(C)c(Cl)c(C)c(Cl)c1OC.Cl. The molecule has 2 nitrogen and oxygen atoms in total. The van der Waals surface area contributed by atoms with Crippen LogP contribution in [-0.4, -0.2) is 13.2 Å². The summed E-state index contributed by atoms with van der Waals surface area (Å²) in [4.78, 5) is 0. The molecule has 5 heteroatoms. The number of ether oxygens (including phenoxy) is 1. The van der Waals surface area contributed by atoms with Gasteiger partial charge in [-0.25, -0.2) is 0 Å². The summed E-state index contributed by atoms with van der Waals surface area (Å²) in [5, 5.41) is 1.29. The molecule has 0 fully saturated rings. The highest BCUT2D eigenvalue weighted by molar-refractivity contribution is 6.37. The summed E-state index contributed by atoms with van der Waals surface area (Å²) in [6.07, 6.45) is 1.64. The van der Waals surface area contributed by atoms with Crippen LogP contribution in [0.3, 0.4) is 0 Å². The van der Waals surface area contributed by atoms with E-state index in [1.165, 1.54) is 0 Å². The molecule has 2 N–H and O–H groups in total. The molecule has 0 saturated carbocycles. The molecule has 0 aliphatic carbocycles. The maximum absolute atomic E-state index is 6.26. The summed E-state index contributed by atoms with van der Waals surface area (Å²) >= 11 is 12.5. The van der Waals surface area contributed by atoms with Gasteiger partial charge in [0, 0.05) is 16.6 Å². The number of halogens is 3. The van der Waals surface area contributed by atoms with Gasteiger partial charge in [0.1, 0.15) is 5.75 Å². The Labute approximate surface area is 125 Å². The van der Waals surface area contributed by atoms with Crippen LogP contribution in [0.25, 0.3) is 0 Å². The molecular formula is C13H20Cl3NO. The zero-order valence-electron chi connectivity index (χ0n) is 11.1. The topological polar surface area (TPSA) is 35.2 Å². The molecule has 0 spiro atoms. The Bertz CT molecular complexity index is 421. The van der Waals surface area contributed by atoms with E-state index >= 15 is 0 Å². The second-order valence-corrected chi connectivity index (χ2v) is 5.02. The van der Waals surface area contributed by atoms with Crippen molar-refractivity contribution >= 4 is 35.6 Å². The molecule has 1 aromatic carbocycles. The number of hydrogen-bond acceptors (Lipinski definition) is 2. The lowest BCUT2D eigenvalue weighted by atomic mass is 9.97. The fourth-order valence-corrected chi connectivity index (χ4v) is 2.39. The van der Waals surface area contributed by atoms with Gasteiger partial charge in [-0.15, -0.1) is 12.4 Å². The van der Waals surface area contributed by atoms with Crippen molar-refractivity contribution in [2.45, 2.75) is 39.7 Å². The van der Waals surface area contributed by atoms with E-state index in [2.05, 4.69) is 6.92 Å². The molecule has 1 unspecified atom stereocenters. The highest BCUT2D eigenvalue weighted by Crippen LogP contribution is 2.40. The van der Waals surface area contributed by atoms with Crippen LogP contribution < -0.4 is 10.5 Å². The molecule has 0 heterocycles. The average molecular weight is 313 g/mol. The minimum Gasteiger partial charge on any atom is -0.495 e. The van der Waals surface area contributed by atoms with Crippen molar-refractivity contribution in [3.8, 4) is 5.75 Å². The molecule has 104 valence electrons. The van der Waals surface area contributed by atoms with E-state index in [1.54, 1.807) is 7.11 Å². The number of nitrogens with two attached hydrogens (primary N) is 1. The summed E-state index contributed by atoms with van der Waals surface area (Å²) in [6.45, 7) is 5.93. The minimum absolute atomic E-state index is 0. The van der Waals surface area contributed by atoms with Gasteiger partial charge < -0.3 is 10.5 Å². The largest absolute Gasteiger partial charge is 0.495 e. The van der Waals surface area contributed by atoms with Gasteiger partial charge >= 0.3 is 0 Å². The molecule has 0 radical (unpaired) electrons. The van der Waals surface area contributed by atoms with E-state index in [1.807, 2.05) is 13.8 Å². The van der Waals surface area contributed by atoms with E-state index in [-0.39, 0.29) is 18.4 Å². The molecule has 0 bridgehead atoms. The summed E-state index contributed by atoms with van der Waals surface area (Å²) in [5.41, 5.74) is 8.88. The third kappa shape index (κ3) is 3.45. The maximum Gasteiger partial charge on any atom is 0.141 e. The lowest BCUT2D eigenvalue weighted by molar-refractivity contribution is 0.407. The van der Waals surface area contributed by atoms with Crippen LogP contribution in [-0.2, 0) is 6.42 Å². The van der Waals surface area contributed by atoms with Crippen molar-refractivity contribution in [2.75, 3.05) is 7.11 Å². The average Bonchev–Trinajstić information content (AvgIpc) is 2.33. The van der Waals surface area contributed by atoms with Gasteiger partial charge in [-0.05, 0) is 37.8 Å². The predicted molar refractivity (Wildman–Crippen MR) is 81.7 cm³/mol. The van der Waals surface area contributed by atoms with Crippen LogP contribution in [0.4, 0.5) is 0 Å². The van der Waals surface area contributed by atoms with E-state index in [0.717, 1.165) is 29.5 Å². The smallest absolute Gasteiger partial charge is 0.141 e. The lowest BCUT2D eigenvalue weighted by Crippen LogP contribution is -2.22. The Morgan fingerprint density at radius 3 is 2.17 bits per heavy atom. The van der Waals surface area contributed by atoms with Gasteiger partial charge in [-0.1, -0.05) is 30.1 Å². The molecule has 0 amide bonds. The van der Waals surface area contributed by atoms with Crippen LogP contribution >= 0.6 is 35.6 Å². The molecule has 0 aromatic heterocycles. The highest BCUT2D eigenvalue weighted by Gasteiger charge is 2.19. The maximum atomic E-state index is 6.26. The molecule has 1 aromatic rings. The number of rotatable bonds is 4. The molecule has 0 saturated heterocycles. The number of hydrogen-bond donors (Lipinski definition) is 1. The fourth-order valence-electron chi connectivity index (χ4n) is 1.85. The first-order chi connectivity index (χ1) is 7.93. The summed E-state index contributed by atoms with van der Waals surface area (Å²) in [5.74, 6) is 0.704. The first-order valence-corrected chi connectivity index (χ1v) is 6.46. The van der Waals surface area contributed by atoms with Crippen LogP contribution in [0.15, 0.2) is 0 Å². The van der Waals surface area contributed by atoms with Gasteiger partial charge in [0.15, 0.2) is 0 Å². The van der Waals surface area contributed by atoms with Crippen LogP contribution in [0.2, 0.25) is 10.0 Å². The Hall–Kier alpha value is -0.150. The Balaban J connectivity index is 0.00000289. The Morgan fingerprint density at radius 2 is 1.72 bits per heavy atom. The summed E-state index contributed by atoms with van der Waals surface area (Å²) in [6, 6.07) is 0.0949. The third-order valence-electron chi connectivity index (χ3n) is 3.11. The summed E-state index contributed by atoms with van der Waals surface area (Å²) < 4.78 is 5.39. The van der Waals surface area contributed by atoms with Crippen molar-refractivity contribution in [3.63, 3.8) is 0 Å². The zero-order valence-corrected chi connectivity index (χ0v) is 13.5. The molecule has 0 aliphatic heterocycles. The van der Waals surface area contributed by atoms with E-state index in [0.29, 0.717) is 15.8 Å². The van der Waals surface area contributed by atoms with Crippen molar-refractivity contribution < 1.29 is 4.74 Å². The number of methoxy groups -OCH3 is 1. The van der Waals surface area contributed by atoms with E-state index < -0.39 is 0 Å². The Morgan fingerprint density at radius 1 is 1.17 bits per heavy atom. The van der Waals surface area contributed by atoms with E-state index in [9.17, 15) is 0 Å². The van der Waals surface area contributed by atoms with Gasteiger partial charge in [0.25, 0.3) is 0 Å². The minimum atomic E-state index is 0. The van der Waals surface area contributed by atoms with Crippen LogP contribution in [0.5, 0.6) is 5.75 Å². The van der Waals surface area contributed by atoms with Crippen molar-refractivity contribution in [1.29, 1.82) is 0 Å². The predicted octanol–water partition coefficient (Wildman–Crippen LogP) is 4.32. The second-order valence-electron chi connectivity index (χ2n) is 4.26.